The number of thiazole rings is 1. The third kappa shape index (κ3) is 5.54. The average molecular weight is 459 g/mol. The molecule has 0 bridgehead atoms. The summed E-state index contributed by atoms with van der Waals surface area (Å²) < 4.78 is 25.0. The number of nitrogens with zero attached hydrogens (tertiary/aromatic N) is 2. The number of nitrogens with one attached hydrogen (secondary N) is 1. The zero-order valence-electron chi connectivity index (χ0n) is 16.8. The molecule has 3 rings (SSSR count). The third-order valence-corrected chi connectivity index (χ3v) is 6.36. The van der Waals surface area contributed by atoms with Crippen LogP contribution < -0.4 is 9.62 Å². The number of aromatic carboxylic acids is 1. The van der Waals surface area contributed by atoms with Crippen LogP contribution in [-0.2, 0) is 28.9 Å². The van der Waals surface area contributed by atoms with Crippen molar-refractivity contribution in [2.75, 3.05) is 9.62 Å². The average Bonchev–Trinajstić information content (AvgIpc) is 3.06. The van der Waals surface area contributed by atoms with Crippen LogP contribution in [-0.4, -0.2) is 30.7 Å². The van der Waals surface area contributed by atoms with Gasteiger partial charge in [0.05, 0.1) is 28.2 Å². The number of aromatic nitrogens is 1. The Morgan fingerprint density at radius 3 is 2.45 bits per heavy atom. The minimum atomic E-state index is -2.59. The van der Waals surface area contributed by atoms with Crippen molar-refractivity contribution >= 4 is 50.3 Å². The number of anilines is 3. The topological polar surface area (TPSA) is 123 Å². The fourth-order valence-corrected chi connectivity index (χ4v) is 4.87. The van der Waals surface area contributed by atoms with Gasteiger partial charge < -0.3 is 15.0 Å². The normalized spacial score (nSPS) is 11.7. The number of hydrogen-bond donors (Lipinski definition) is 2. The summed E-state index contributed by atoms with van der Waals surface area (Å²) in [5, 5.41) is 12.6. The van der Waals surface area contributed by atoms with Crippen LogP contribution in [0.1, 0.15) is 34.1 Å². The second-order valence-electron chi connectivity index (χ2n) is 6.73. The standard InChI is InChI=1S/C21H21N3O5S2/c1-13-19(30-21(22-13)23-14(2)25)24(31(28)29)17-11-8-15(9-12-17)7-10-16-5-3-4-6-18(16)20(26)27/h3-6,8-9,11-12H,7,10H2,1-2H3,(H,26,27)(H,28,29)(H,22,23,25)/p-1. The van der Waals surface area contributed by atoms with E-state index in [0.717, 1.165) is 26.8 Å². The van der Waals surface area contributed by atoms with E-state index < -0.39 is 17.2 Å². The molecule has 0 aliphatic rings. The van der Waals surface area contributed by atoms with Crippen molar-refractivity contribution in [3.8, 4) is 0 Å². The fraction of sp³-hybridized carbons (Fsp3) is 0.190. The first-order valence-electron chi connectivity index (χ1n) is 9.31. The Hall–Kier alpha value is -3.08. The molecule has 0 aliphatic heterocycles. The molecule has 1 atom stereocenters. The first-order chi connectivity index (χ1) is 14.8. The maximum atomic E-state index is 11.9. The van der Waals surface area contributed by atoms with Gasteiger partial charge in [0.1, 0.15) is 5.00 Å². The highest BCUT2D eigenvalue weighted by atomic mass is 32.2. The van der Waals surface area contributed by atoms with E-state index in [1.165, 1.54) is 6.92 Å². The fourth-order valence-electron chi connectivity index (χ4n) is 3.08. The summed E-state index contributed by atoms with van der Waals surface area (Å²) in [5.41, 5.74) is 2.88. The second-order valence-corrected chi connectivity index (χ2v) is 8.51. The summed E-state index contributed by atoms with van der Waals surface area (Å²) in [7, 11) is 0. The maximum absolute atomic E-state index is 11.9. The molecule has 2 aromatic carbocycles. The van der Waals surface area contributed by atoms with Crippen molar-refractivity contribution in [2.24, 2.45) is 0 Å². The molecule has 2 N–H and O–H groups in total. The molecular weight excluding hydrogens is 438 g/mol. The molecule has 1 amide bonds. The van der Waals surface area contributed by atoms with Gasteiger partial charge in [-0.15, -0.1) is 0 Å². The number of hydrogen-bond acceptors (Lipinski definition) is 6. The maximum Gasteiger partial charge on any atom is 0.335 e. The molecule has 162 valence electrons. The van der Waals surface area contributed by atoms with Crippen LogP contribution in [0.15, 0.2) is 48.5 Å². The molecule has 0 aliphatic carbocycles. The summed E-state index contributed by atoms with van der Waals surface area (Å²) in [6.45, 7) is 3.03. The summed E-state index contributed by atoms with van der Waals surface area (Å²) in [5.74, 6) is -1.25. The zero-order valence-corrected chi connectivity index (χ0v) is 18.5. The molecule has 0 fully saturated rings. The van der Waals surface area contributed by atoms with Crippen LogP contribution in [0, 0.1) is 6.92 Å². The van der Waals surface area contributed by atoms with Gasteiger partial charge in [0, 0.05) is 6.92 Å². The van der Waals surface area contributed by atoms with Crippen molar-refractivity contribution in [1.82, 2.24) is 4.98 Å². The summed E-state index contributed by atoms with van der Waals surface area (Å²) in [6.07, 6.45) is 1.16. The number of aryl methyl sites for hydroxylation is 3. The zero-order chi connectivity index (χ0) is 22.5. The molecule has 3 aromatic rings. The van der Waals surface area contributed by atoms with Crippen molar-refractivity contribution < 1.29 is 23.5 Å². The third-order valence-electron chi connectivity index (χ3n) is 4.49. The highest BCUT2D eigenvalue weighted by Gasteiger charge is 2.18. The smallest absolute Gasteiger partial charge is 0.335 e. The van der Waals surface area contributed by atoms with Gasteiger partial charge in [-0.1, -0.05) is 41.7 Å². The van der Waals surface area contributed by atoms with Gasteiger partial charge >= 0.3 is 5.97 Å². The van der Waals surface area contributed by atoms with Gasteiger partial charge in [0.25, 0.3) is 0 Å². The van der Waals surface area contributed by atoms with Crippen LogP contribution in [0.2, 0.25) is 0 Å². The van der Waals surface area contributed by atoms with Crippen molar-refractivity contribution in [2.45, 2.75) is 26.7 Å². The molecule has 0 radical (unpaired) electrons. The first kappa shape index (κ1) is 22.6. The number of benzene rings is 2. The van der Waals surface area contributed by atoms with E-state index in [4.69, 9.17) is 0 Å². The van der Waals surface area contributed by atoms with E-state index in [1.54, 1.807) is 43.3 Å². The minimum absolute atomic E-state index is 0.280. The number of amides is 1. The predicted octanol–water partition coefficient (Wildman–Crippen LogP) is 3.83. The Bertz CT molecular complexity index is 1130. The lowest BCUT2D eigenvalue weighted by atomic mass is 10.00. The van der Waals surface area contributed by atoms with Gasteiger partial charge in [-0.3, -0.25) is 13.3 Å². The Kier molecular flexibility index (Phi) is 7.16. The van der Waals surface area contributed by atoms with Crippen molar-refractivity contribution in [1.29, 1.82) is 0 Å². The summed E-state index contributed by atoms with van der Waals surface area (Å²) in [4.78, 5) is 26.8. The molecule has 1 unspecified atom stereocenters. The van der Waals surface area contributed by atoms with Crippen LogP contribution >= 0.6 is 11.3 Å². The predicted molar refractivity (Wildman–Crippen MR) is 119 cm³/mol. The number of carbonyl (C=O) groups excluding carboxylic acids is 1. The molecule has 0 saturated carbocycles. The molecule has 10 heteroatoms. The van der Waals surface area contributed by atoms with Gasteiger partial charge in [-0.25, -0.2) is 9.78 Å². The Labute approximate surface area is 186 Å². The lowest BCUT2D eigenvalue weighted by molar-refractivity contribution is -0.114. The molecule has 8 nitrogen and oxygen atoms in total. The molecule has 0 saturated heterocycles. The highest BCUT2D eigenvalue weighted by molar-refractivity contribution is 7.81. The van der Waals surface area contributed by atoms with Gasteiger partial charge in [0.15, 0.2) is 5.13 Å². The SMILES string of the molecule is CC(=O)Nc1nc(C)c(N(c2ccc(CCc3ccccc3C(=O)O)cc2)S(=O)[O-])s1. The first-order valence-corrected chi connectivity index (χ1v) is 11.2. The van der Waals surface area contributed by atoms with E-state index in [9.17, 15) is 23.5 Å². The molecule has 1 aromatic heterocycles. The van der Waals surface area contributed by atoms with E-state index in [1.807, 2.05) is 12.1 Å². The summed E-state index contributed by atoms with van der Waals surface area (Å²) >= 11 is -1.52. The number of carbonyl (C=O) groups is 2. The van der Waals surface area contributed by atoms with Gasteiger partial charge in [0.2, 0.25) is 5.91 Å². The van der Waals surface area contributed by atoms with Crippen molar-refractivity contribution in [3.63, 3.8) is 0 Å². The quantitative estimate of drug-likeness (QED) is 0.495. The van der Waals surface area contributed by atoms with Crippen LogP contribution in [0.5, 0.6) is 0 Å². The Morgan fingerprint density at radius 2 is 1.84 bits per heavy atom. The van der Waals surface area contributed by atoms with E-state index in [-0.39, 0.29) is 11.5 Å². The largest absolute Gasteiger partial charge is 0.755 e. The Balaban J connectivity index is 1.79. The molecule has 1 heterocycles. The minimum Gasteiger partial charge on any atom is -0.755 e. The van der Waals surface area contributed by atoms with Crippen LogP contribution in [0.4, 0.5) is 15.8 Å². The molecule has 31 heavy (non-hydrogen) atoms. The second kappa shape index (κ2) is 9.82. The lowest BCUT2D eigenvalue weighted by Gasteiger charge is -2.25. The van der Waals surface area contributed by atoms with Crippen molar-refractivity contribution in [3.05, 3.63) is 70.9 Å². The Morgan fingerprint density at radius 1 is 1.16 bits per heavy atom. The van der Waals surface area contributed by atoms with Crippen LogP contribution in [0.25, 0.3) is 0 Å². The summed E-state index contributed by atoms with van der Waals surface area (Å²) in [6, 6.07) is 13.9. The molecular formula is C21H20N3O5S2-. The van der Waals surface area contributed by atoms with Gasteiger partial charge in [-0.05, 0) is 49.1 Å². The number of carboxylic acids is 1. The van der Waals surface area contributed by atoms with E-state index in [0.29, 0.717) is 34.4 Å². The highest BCUT2D eigenvalue weighted by Crippen LogP contribution is 2.37. The number of carboxylic acid groups (broad SMARTS) is 1. The van der Waals surface area contributed by atoms with Crippen LogP contribution in [0.3, 0.4) is 0 Å². The van der Waals surface area contributed by atoms with Gasteiger partial charge in [-0.2, -0.15) is 0 Å². The molecule has 0 spiro atoms. The van der Waals surface area contributed by atoms with E-state index >= 15 is 0 Å². The number of rotatable bonds is 8. The van der Waals surface area contributed by atoms with E-state index in [2.05, 4.69) is 10.3 Å². The monoisotopic (exact) mass is 458 g/mol. The lowest BCUT2D eigenvalue weighted by Crippen LogP contribution is -2.19.